The number of hydrogen-bond acceptors (Lipinski definition) is 2. The zero-order valence-electron chi connectivity index (χ0n) is 9.62. The summed E-state index contributed by atoms with van der Waals surface area (Å²) in [6.45, 7) is 10.2. The average molecular weight is 198 g/mol. The topological polar surface area (TPSA) is 23.6 Å². The van der Waals surface area contributed by atoms with Gasteiger partial charge in [0.05, 0.1) is 0 Å². The first kappa shape index (κ1) is 11.5. The van der Waals surface area contributed by atoms with E-state index in [1.807, 2.05) is 4.90 Å². The van der Waals surface area contributed by atoms with Gasteiger partial charge >= 0.3 is 0 Å². The average Bonchev–Trinajstić information content (AvgIpc) is 2.54. The summed E-state index contributed by atoms with van der Waals surface area (Å²) >= 11 is 0. The third-order valence-electron chi connectivity index (χ3n) is 2.97. The molecule has 3 nitrogen and oxygen atoms in total. The maximum absolute atomic E-state index is 11.3. The van der Waals surface area contributed by atoms with Crippen LogP contribution in [0.15, 0.2) is 0 Å². The number of likely N-dealkylation sites (N-methyl/N-ethyl adjacent to an activating group) is 1. The van der Waals surface area contributed by atoms with Crippen LogP contribution in [0.1, 0.15) is 33.6 Å². The molecule has 0 N–H and O–H groups in total. The molecule has 0 aromatic rings. The van der Waals surface area contributed by atoms with E-state index in [1.54, 1.807) is 6.92 Å². The second-order valence-corrected chi connectivity index (χ2v) is 4.05. The second-order valence-electron chi connectivity index (χ2n) is 4.05. The lowest BCUT2D eigenvalue weighted by atomic mass is 10.2. The Hall–Kier alpha value is -0.570. The van der Waals surface area contributed by atoms with Crippen molar-refractivity contribution in [2.45, 2.75) is 39.7 Å². The monoisotopic (exact) mass is 198 g/mol. The van der Waals surface area contributed by atoms with Gasteiger partial charge in [-0.25, -0.2) is 0 Å². The van der Waals surface area contributed by atoms with Crippen LogP contribution in [0.2, 0.25) is 0 Å². The summed E-state index contributed by atoms with van der Waals surface area (Å²) in [5.41, 5.74) is 0. The van der Waals surface area contributed by atoms with Crippen molar-refractivity contribution in [2.75, 3.05) is 26.2 Å². The highest BCUT2D eigenvalue weighted by Crippen LogP contribution is 2.15. The van der Waals surface area contributed by atoms with Crippen LogP contribution in [0.5, 0.6) is 0 Å². The van der Waals surface area contributed by atoms with Crippen LogP contribution in [-0.2, 0) is 4.79 Å². The molecule has 0 bridgehead atoms. The Morgan fingerprint density at radius 2 is 2.21 bits per heavy atom. The van der Waals surface area contributed by atoms with E-state index in [0.717, 1.165) is 26.1 Å². The first-order valence-electron chi connectivity index (χ1n) is 5.68. The zero-order valence-corrected chi connectivity index (χ0v) is 9.62. The number of nitrogens with zero attached hydrogens (tertiary/aromatic N) is 2. The number of carbonyl (C=O) groups is 1. The number of amides is 1. The fourth-order valence-corrected chi connectivity index (χ4v) is 2.32. The molecule has 0 aromatic carbocycles. The van der Waals surface area contributed by atoms with Crippen molar-refractivity contribution in [1.29, 1.82) is 0 Å². The minimum Gasteiger partial charge on any atom is -0.339 e. The van der Waals surface area contributed by atoms with Crippen LogP contribution in [0.4, 0.5) is 0 Å². The van der Waals surface area contributed by atoms with Gasteiger partial charge in [0.1, 0.15) is 0 Å². The number of carbonyl (C=O) groups excluding carboxylic acids is 1. The molecule has 1 rings (SSSR count). The molecule has 1 saturated heterocycles. The third kappa shape index (κ3) is 2.71. The van der Waals surface area contributed by atoms with Crippen LogP contribution >= 0.6 is 0 Å². The van der Waals surface area contributed by atoms with Crippen molar-refractivity contribution in [3.8, 4) is 0 Å². The molecular weight excluding hydrogens is 176 g/mol. The van der Waals surface area contributed by atoms with E-state index in [1.165, 1.54) is 13.0 Å². The summed E-state index contributed by atoms with van der Waals surface area (Å²) < 4.78 is 0. The van der Waals surface area contributed by atoms with Gasteiger partial charge < -0.3 is 9.80 Å². The molecule has 0 radical (unpaired) electrons. The quantitative estimate of drug-likeness (QED) is 0.680. The van der Waals surface area contributed by atoms with Crippen molar-refractivity contribution < 1.29 is 4.79 Å². The van der Waals surface area contributed by atoms with Gasteiger partial charge in [0.2, 0.25) is 5.91 Å². The van der Waals surface area contributed by atoms with Gasteiger partial charge in [-0.15, -0.1) is 0 Å². The lowest BCUT2D eigenvalue weighted by Gasteiger charge is -2.26. The predicted octanol–water partition coefficient (Wildman–Crippen LogP) is 1.34. The minimum absolute atomic E-state index is 0.218. The van der Waals surface area contributed by atoms with Gasteiger partial charge in [-0.2, -0.15) is 0 Å². The number of rotatable bonds is 4. The van der Waals surface area contributed by atoms with Crippen LogP contribution in [0, 0.1) is 0 Å². The molecule has 0 spiro atoms. The van der Waals surface area contributed by atoms with Crippen molar-refractivity contribution >= 4 is 5.91 Å². The minimum atomic E-state index is 0.218. The van der Waals surface area contributed by atoms with Gasteiger partial charge in [-0.05, 0) is 26.3 Å². The van der Waals surface area contributed by atoms with Crippen molar-refractivity contribution in [3.63, 3.8) is 0 Å². The Labute approximate surface area is 87.1 Å². The molecular formula is C11H22N2O. The molecule has 1 aliphatic heterocycles. The molecule has 14 heavy (non-hydrogen) atoms. The van der Waals surface area contributed by atoms with E-state index in [0.29, 0.717) is 6.04 Å². The SMILES string of the molecule is CCCN1CCC(N(CC)C(C)=O)C1. The zero-order chi connectivity index (χ0) is 10.6. The molecule has 1 unspecified atom stereocenters. The van der Waals surface area contributed by atoms with Crippen LogP contribution in [0.3, 0.4) is 0 Å². The first-order chi connectivity index (χ1) is 6.69. The Kier molecular flexibility index (Phi) is 4.39. The maximum Gasteiger partial charge on any atom is 0.219 e. The van der Waals surface area contributed by atoms with Crippen LogP contribution in [-0.4, -0.2) is 47.9 Å². The molecule has 1 heterocycles. The van der Waals surface area contributed by atoms with Gasteiger partial charge in [0.25, 0.3) is 0 Å². The maximum atomic E-state index is 11.3. The predicted molar refractivity (Wildman–Crippen MR) is 58.2 cm³/mol. The summed E-state index contributed by atoms with van der Waals surface area (Å²) in [5, 5.41) is 0. The molecule has 1 fully saturated rings. The number of hydrogen-bond donors (Lipinski definition) is 0. The Bertz CT molecular complexity index is 194. The standard InChI is InChI=1S/C11H22N2O/c1-4-7-12-8-6-11(9-12)13(5-2)10(3)14/h11H,4-9H2,1-3H3. The summed E-state index contributed by atoms with van der Waals surface area (Å²) in [7, 11) is 0. The molecule has 3 heteroatoms. The molecule has 0 aliphatic carbocycles. The lowest BCUT2D eigenvalue weighted by molar-refractivity contribution is -0.130. The molecule has 82 valence electrons. The number of likely N-dealkylation sites (tertiary alicyclic amines) is 1. The summed E-state index contributed by atoms with van der Waals surface area (Å²) in [6.07, 6.45) is 2.35. The van der Waals surface area contributed by atoms with E-state index in [4.69, 9.17) is 0 Å². The Balaban J connectivity index is 2.43. The van der Waals surface area contributed by atoms with Crippen molar-refractivity contribution in [2.24, 2.45) is 0 Å². The molecule has 0 aromatic heterocycles. The van der Waals surface area contributed by atoms with Gasteiger partial charge in [-0.3, -0.25) is 4.79 Å². The second kappa shape index (κ2) is 5.35. The van der Waals surface area contributed by atoms with Crippen LogP contribution < -0.4 is 0 Å². The smallest absolute Gasteiger partial charge is 0.219 e. The molecule has 1 aliphatic rings. The highest BCUT2D eigenvalue weighted by molar-refractivity contribution is 5.73. The van der Waals surface area contributed by atoms with E-state index in [2.05, 4.69) is 18.7 Å². The molecule has 1 amide bonds. The fourth-order valence-electron chi connectivity index (χ4n) is 2.32. The third-order valence-corrected chi connectivity index (χ3v) is 2.97. The largest absolute Gasteiger partial charge is 0.339 e. The van der Waals surface area contributed by atoms with Crippen molar-refractivity contribution in [1.82, 2.24) is 9.80 Å². The van der Waals surface area contributed by atoms with E-state index in [9.17, 15) is 4.79 Å². The Morgan fingerprint density at radius 1 is 1.50 bits per heavy atom. The molecule has 1 atom stereocenters. The van der Waals surface area contributed by atoms with Crippen LogP contribution in [0.25, 0.3) is 0 Å². The summed E-state index contributed by atoms with van der Waals surface area (Å²) in [5.74, 6) is 0.218. The molecule has 0 saturated carbocycles. The van der Waals surface area contributed by atoms with Crippen molar-refractivity contribution in [3.05, 3.63) is 0 Å². The van der Waals surface area contributed by atoms with E-state index >= 15 is 0 Å². The van der Waals surface area contributed by atoms with E-state index in [-0.39, 0.29) is 5.91 Å². The first-order valence-corrected chi connectivity index (χ1v) is 5.68. The van der Waals surface area contributed by atoms with Gasteiger partial charge in [0, 0.05) is 32.6 Å². The fraction of sp³-hybridized carbons (Fsp3) is 0.909. The normalized spacial score (nSPS) is 22.6. The lowest BCUT2D eigenvalue weighted by Crippen LogP contribution is -2.40. The van der Waals surface area contributed by atoms with Gasteiger partial charge in [-0.1, -0.05) is 6.92 Å². The summed E-state index contributed by atoms with van der Waals surface area (Å²) in [4.78, 5) is 15.8. The highest BCUT2D eigenvalue weighted by atomic mass is 16.2. The van der Waals surface area contributed by atoms with E-state index < -0.39 is 0 Å². The van der Waals surface area contributed by atoms with Gasteiger partial charge in [0.15, 0.2) is 0 Å². The summed E-state index contributed by atoms with van der Waals surface area (Å²) in [6, 6.07) is 0.462. The Morgan fingerprint density at radius 3 is 2.71 bits per heavy atom. The highest BCUT2D eigenvalue weighted by Gasteiger charge is 2.27.